The van der Waals surface area contributed by atoms with Gasteiger partial charge in [-0.15, -0.1) is 0 Å². The van der Waals surface area contributed by atoms with Crippen LogP contribution in [-0.2, 0) is 11.3 Å². The van der Waals surface area contributed by atoms with Crippen molar-refractivity contribution in [3.05, 3.63) is 58.4 Å². The minimum absolute atomic E-state index is 0.149. The van der Waals surface area contributed by atoms with Gasteiger partial charge in [0.15, 0.2) is 0 Å². The molecule has 7 nitrogen and oxygen atoms in total. The smallest absolute Gasteiger partial charge is 0.319 e. The molecule has 1 saturated heterocycles. The molecule has 0 aliphatic carbocycles. The van der Waals surface area contributed by atoms with E-state index in [9.17, 15) is 14.9 Å². The van der Waals surface area contributed by atoms with Crippen molar-refractivity contribution in [1.82, 2.24) is 14.8 Å². The topological polar surface area (TPSA) is 90.2 Å². The maximum atomic E-state index is 13.1. The van der Waals surface area contributed by atoms with Gasteiger partial charge < -0.3 is 20.1 Å². The van der Waals surface area contributed by atoms with E-state index in [0.29, 0.717) is 19.6 Å². The van der Waals surface area contributed by atoms with Gasteiger partial charge in [-0.2, -0.15) is 5.26 Å². The molecule has 0 bridgehead atoms. The molecule has 0 radical (unpaired) electrons. The largest absolute Gasteiger partial charge is 0.349 e. The summed E-state index contributed by atoms with van der Waals surface area (Å²) in [6, 6.07) is 11.5. The zero-order valence-electron chi connectivity index (χ0n) is 20.6. The van der Waals surface area contributed by atoms with Crippen molar-refractivity contribution in [2.75, 3.05) is 25.0 Å². The maximum Gasteiger partial charge on any atom is 0.319 e. The lowest BCUT2D eigenvalue weighted by molar-refractivity contribution is -0.128. The molecule has 2 heterocycles. The second-order valence-electron chi connectivity index (χ2n) is 9.11. The first kappa shape index (κ1) is 25.1. The Morgan fingerprint density at radius 1 is 1.21 bits per heavy atom. The van der Waals surface area contributed by atoms with Crippen molar-refractivity contribution >= 4 is 23.7 Å². The highest BCUT2D eigenvalue weighted by atomic mass is 16.2. The number of nitriles is 1. The van der Waals surface area contributed by atoms with Crippen LogP contribution in [-0.4, -0.2) is 41.0 Å². The Kier molecular flexibility index (Phi) is 8.53. The van der Waals surface area contributed by atoms with Crippen LogP contribution in [0.15, 0.2) is 35.9 Å². The molecule has 180 valence electrons. The summed E-state index contributed by atoms with van der Waals surface area (Å²) in [4.78, 5) is 27.2. The molecule has 1 unspecified atom stereocenters. The van der Waals surface area contributed by atoms with Crippen LogP contribution >= 0.6 is 0 Å². The van der Waals surface area contributed by atoms with E-state index in [-0.39, 0.29) is 23.4 Å². The molecule has 1 aliphatic rings. The van der Waals surface area contributed by atoms with Crippen molar-refractivity contribution in [2.45, 2.75) is 53.5 Å². The predicted octanol–water partition coefficient (Wildman–Crippen LogP) is 4.79. The number of benzene rings is 1. The van der Waals surface area contributed by atoms with Gasteiger partial charge in [-0.1, -0.05) is 24.6 Å². The molecule has 1 aromatic carbocycles. The standard InChI is InChI=1S/C27H35N5O2/c1-5-12-32-20(3)14-23(21(32)4)15-24(16-28)26(33)31-13-6-7-22(18-31)17-29-27(34)30-25-10-8-19(2)9-11-25/h8-11,14-15,22H,5-7,12-13,17-18H2,1-4H3,(H2,29,30,34)/b24-15+. The first-order valence-electron chi connectivity index (χ1n) is 12.0. The Morgan fingerprint density at radius 3 is 2.62 bits per heavy atom. The molecule has 2 aromatic rings. The summed E-state index contributed by atoms with van der Waals surface area (Å²) in [5.74, 6) is -0.0902. The molecular formula is C27H35N5O2. The van der Waals surface area contributed by atoms with Gasteiger partial charge in [-0.25, -0.2) is 4.79 Å². The SMILES string of the molecule is CCCn1c(C)cc(/C=C(\C#N)C(=O)N2CCCC(CNC(=O)Nc3ccc(C)cc3)C2)c1C. The van der Waals surface area contributed by atoms with E-state index in [4.69, 9.17) is 0 Å². The van der Waals surface area contributed by atoms with Crippen molar-refractivity contribution in [3.8, 4) is 6.07 Å². The van der Waals surface area contributed by atoms with Crippen LogP contribution < -0.4 is 10.6 Å². The lowest BCUT2D eigenvalue weighted by atomic mass is 9.97. The highest BCUT2D eigenvalue weighted by Gasteiger charge is 2.26. The third-order valence-electron chi connectivity index (χ3n) is 6.38. The highest BCUT2D eigenvalue weighted by molar-refractivity contribution is 6.02. The van der Waals surface area contributed by atoms with E-state index >= 15 is 0 Å². The van der Waals surface area contributed by atoms with E-state index in [0.717, 1.165) is 54.0 Å². The van der Waals surface area contributed by atoms with Gasteiger partial charge in [0, 0.05) is 43.3 Å². The molecule has 2 N–H and O–H groups in total. The molecule has 3 amide bonds. The average Bonchev–Trinajstić information content (AvgIpc) is 3.10. The molecule has 1 atom stereocenters. The van der Waals surface area contributed by atoms with E-state index in [1.807, 2.05) is 51.1 Å². The normalized spacial score (nSPS) is 16.1. The molecule has 3 rings (SSSR count). The van der Waals surface area contributed by atoms with Gasteiger partial charge in [-0.05, 0) is 75.8 Å². The van der Waals surface area contributed by atoms with Gasteiger partial charge in [0.25, 0.3) is 5.91 Å². The van der Waals surface area contributed by atoms with E-state index < -0.39 is 0 Å². The van der Waals surface area contributed by atoms with Crippen molar-refractivity contribution in [2.24, 2.45) is 5.92 Å². The number of hydrogen-bond donors (Lipinski definition) is 2. The summed E-state index contributed by atoms with van der Waals surface area (Å²) < 4.78 is 2.22. The fourth-order valence-electron chi connectivity index (χ4n) is 4.47. The second kappa shape index (κ2) is 11.6. The van der Waals surface area contributed by atoms with Gasteiger partial charge in [0.1, 0.15) is 11.6 Å². The summed E-state index contributed by atoms with van der Waals surface area (Å²) in [6.07, 6.45) is 4.52. The van der Waals surface area contributed by atoms with Crippen molar-refractivity contribution < 1.29 is 9.59 Å². The van der Waals surface area contributed by atoms with Gasteiger partial charge in [0.05, 0.1) is 0 Å². The van der Waals surface area contributed by atoms with E-state index in [2.05, 4.69) is 28.2 Å². The number of hydrogen-bond acceptors (Lipinski definition) is 3. The maximum absolute atomic E-state index is 13.1. The minimum Gasteiger partial charge on any atom is -0.349 e. The Hall–Kier alpha value is -3.53. The van der Waals surface area contributed by atoms with Crippen LogP contribution in [0.5, 0.6) is 0 Å². The number of piperidine rings is 1. The van der Waals surface area contributed by atoms with E-state index in [1.165, 1.54) is 0 Å². The summed E-state index contributed by atoms with van der Waals surface area (Å²) in [5.41, 5.74) is 5.14. The number of anilines is 1. The summed E-state index contributed by atoms with van der Waals surface area (Å²) in [6.45, 7) is 10.7. The summed E-state index contributed by atoms with van der Waals surface area (Å²) >= 11 is 0. The monoisotopic (exact) mass is 461 g/mol. The quantitative estimate of drug-likeness (QED) is 0.459. The fraction of sp³-hybridized carbons (Fsp3) is 0.444. The van der Waals surface area contributed by atoms with Crippen LogP contribution in [0, 0.1) is 38.0 Å². The third-order valence-corrected chi connectivity index (χ3v) is 6.38. The molecule has 7 heteroatoms. The van der Waals surface area contributed by atoms with E-state index in [1.54, 1.807) is 11.0 Å². The molecule has 0 spiro atoms. The Labute approximate surface area is 202 Å². The number of urea groups is 1. The van der Waals surface area contributed by atoms with Crippen LogP contribution in [0.4, 0.5) is 10.5 Å². The molecular weight excluding hydrogens is 426 g/mol. The number of nitrogens with one attached hydrogen (secondary N) is 2. The number of rotatable bonds is 7. The fourth-order valence-corrected chi connectivity index (χ4v) is 4.47. The van der Waals surface area contributed by atoms with Gasteiger partial charge in [0.2, 0.25) is 0 Å². The molecule has 1 aliphatic heterocycles. The van der Waals surface area contributed by atoms with Gasteiger partial charge in [-0.3, -0.25) is 4.79 Å². The molecule has 34 heavy (non-hydrogen) atoms. The molecule has 1 fully saturated rings. The van der Waals surface area contributed by atoms with Crippen LogP contribution in [0.25, 0.3) is 6.08 Å². The third kappa shape index (κ3) is 6.28. The first-order chi connectivity index (χ1) is 16.3. The average molecular weight is 462 g/mol. The summed E-state index contributed by atoms with van der Waals surface area (Å²) in [5, 5.41) is 15.5. The number of aryl methyl sites for hydroxylation is 2. The lowest BCUT2D eigenvalue weighted by Crippen LogP contribution is -2.44. The van der Waals surface area contributed by atoms with Crippen molar-refractivity contribution in [1.29, 1.82) is 5.26 Å². The number of likely N-dealkylation sites (tertiary alicyclic amines) is 1. The van der Waals surface area contributed by atoms with Gasteiger partial charge >= 0.3 is 6.03 Å². The molecule has 0 saturated carbocycles. The number of carbonyl (C=O) groups excluding carboxylic acids is 2. The number of amides is 3. The van der Waals surface area contributed by atoms with Crippen LogP contribution in [0.3, 0.4) is 0 Å². The Morgan fingerprint density at radius 2 is 1.94 bits per heavy atom. The minimum atomic E-state index is -0.257. The number of nitrogens with zero attached hydrogens (tertiary/aromatic N) is 3. The first-order valence-corrected chi connectivity index (χ1v) is 12.0. The Bertz CT molecular complexity index is 1090. The summed E-state index contributed by atoms with van der Waals surface area (Å²) in [7, 11) is 0. The van der Waals surface area contributed by atoms with Crippen molar-refractivity contribution in [3.63, 3.8) is 0 Å². The predicted molar refractivity (Wildman–Crippen MR) is 135 cm³/mol. The Balaban J connectivity index is 1.60. The zero-order valence-corrected chi connectivity index (χ0v) is 20.6. The lowest BCUT2D eigenvalue weighted by Gasteiger charge is -2.32. The van der Waals surface area contributed by atoms with Crippen LogP contribution in [0.1, 0.15) is 48.7 Å². The number of carbonyl (C=O) groups is 2. The molecule has 1 aromatic heterocycles. The van der Waals surface area contributed by atoms with Crippen LogP contribution in [0.2, 0.25) is 0 Å². The highest BCUT2D eigenvalue weighted by Crippen LogP contribution is 2.22. The zero-order chi connectivity index (χ0) is 24.7. The second-order valence-corrected chi connectivity index (χ2v) is 9.11. The number of aromatic nitrogens is 1.